The fourth-order valence-corrected chi connectivity index (χ4v) is 2.70. The molecule has 1 aliphatic heterocycles. The van der Waals surface area contributed by atoms with Crippen molar-refractivity contribution in [3.05, 3.63) is 35.3 Å². The van der Waals surface area contributed by atoms with Gasteiger partial charge >= 0.3 is 7.12 Å². The van der Waals surface area contributed by atoms with Gasteiger partial charge in [0.2, 0.25) is 0 Å². The molecule has 0 unspecified atom stereocenters. The monoisotopic (exact) mass is 272 g/mol. The van der Waals surface area contributed by atoms with Gasteiger partial charge in [-0.3, -0.25) is 0 Å². The summed E-state index contributed by atoms with van der Waals surface area (Å²) in [6, 6.07) is 0. The fraction of sp³-hybridized carbons (Fsp3) is 0.647. The lowest BCUT2D eigenvalue weighted by Crippen LogP contribution is -2.41. The maximum Gasteiger partial charge on any atom is 0.494 e. The Kier molecular flexibility index (Phi) is 3.46. The Bertz CT molecular complexity index is 465. The van der Waals surface area contributed by atoms with Gasteiger partial charge in [-0.05, 0) is 70.3 Å². The van der Waals surface area contributed by atoms with E-state index in [1.807, 2.05) is 0 Å². The fourth-order valence-electron chi connectivity index (χ4n) is 2.70. The van der Waals surface area contributed by atoms with Gasteiger partial charge in [-0.1, -0.05) is 24.3 Å². The van der Waals surface area contributed by atoms with Crippen molar-refractivity contribution in [2.45, 2.75) is 64.6 Å². The van der Waals surface area contributed by atoms with Crippen molar-refractivity contribution in [1.29, 1.82) is 0 Å². The van der Waals surface area contributed by atoms with E-state index in [-0.39, 0.29) is 18.3 Å². The van der Waals surface area contributed by atoms with Crippen LogP contribution >= 0.6 is 0 Å². The summed E-state index contributed by atoms with van der Waals surface area (Å²) in [7, 11) is -0.227. The summed E-state index contributed by atoms with van der Waals surface area (Å²) in [6.07, 6.45) is 14.0. The third-order valence-electron chi connectivity index (χ3n) is 4.97. The van der Waals surface area contributed by atoms with Crippen molar-refractivity contribution in [1.82, 2.24) is 0 Å². The minimum absolute atomic E-state index is 0.227. The molecule has 0 aromatic rings. The van der Waals surface area contributed by atoms with Crippen LogP contribution in [0.5, 0.6) is 0 Å². The molecule has 0 aromatic carbocycles. The topological polar surface area (TPSA) is 18.5 Å². The molecule has 2 nitrogen and oxygen atoms in total. The second-order valence-electron chi connectivity index (χ2n) is 7.18. The minimum Gasteiger partial charge on any atom is -0.399 e. The van der Waals surface area contributed by atoms with Gasteiger partial charge in [0, 0.05) is 0 Å². The summed E-state index contributed by atoms with van der Waals surface area (Å²) in [6.45, 7) is 8.43. The standard InChI is InChI=1S/C17H25BO2/c1-16(2)17(3,4)20-18(19-16)15-8-6-5-7-13(11-12-15)14-9-10-14/h7-8,11-12,14H,5-6,9-10H2,1-4H3/b12-11?,13-7-,15-8?. The van der Waals surface area contributed by atoms with Crippen LogP contribution in [0.1, 0.15) is 53.4 Å². The van der Waals surface area contributed by atoms with Crippen molar-refractivity contribution in [3.63, 3.8) is 0 Å². The highest BCUT2D eigenvalue weighted by Gasteiger charge is 2.51. The van der Waals surface area contributed by atoms with Gasteiger partial charge in [0.1, 0.15) is 0 Å². The normalized spacial score (nSPS) is 31.3. The van der Waals surface area contributed by atoms with Crippen molar-refractivity contribution in [3.8, 4) is 0 Å². The van der Waals surface area contributed by atoms with Crippen LogP contribution in [0.15, 0.2) is 35.3 Å². The highest BCUT2D eigenvalue weighted by atomic mass is 16.7. The molecule has 0 radical (unpaired) electrons. The molecular weight excluding hydrogens is 247 g/mol. The Balaban J connectivity index is 1.77. The molecular formula is C17H25BO2. The summed E-state index contributed by atoms with van der Waals surface area (Å²) in [5, 5.41) is 0. The molecule has 1 heterocycles. The lowest BCUT2D eigenvalue weighted by atomic mass is 9.76. The molecule has 2 aliphatic carbocycles. The van der Waals surface area contributed by atoms with Crippen LogP contribution in [0.3, 0.4) is 0 Å². The van der Waals surface area contributed by atoms with Crippen molar-refractivity contribution in [2.75, 3.05) is 0 Å². The van der Waals surface area contributed by atoms with Crippen LogP contribution in [0.4, 0.5) is 0 Å². The van der Waals surface area contributed by atoms with E-state index in [4.69, 9.17) is 9.31 Å². The van der Waals surface area contributed by atoms with E-state index in [0.29, 0.717) is 0 Å². The number of hydrogen-bond donors (Lipinski definition) is 0. The van der Waals surface area contributed by atoms with E-state index in [1.165, 1.54) is 23.9 Å². The quantitative estimate of drug-likeness (QED) is 0.700. The Hall–Kier alpha value is -0.795. The number of rotatable bonds is 2. The third kappa shape index (κ3) is 2.66. The van der Waals surface area contributed by atoms with Gasteiger partial charge < -0.3 is 9.31 Å². The summed E-state index contributed by atoms with van der Waals surface area (Å²) in [4.78, 5) is 0. The predicted molar refractivity (Wildman–Crippen MR) is 83.3 cm³/mol. The second-order valence-corrected chi connectivity index (χ2v) is 7.18. The van der Waals surface area contributed by atoms with E-state index in [1.54, 1.807) is 0 Å². The largest absolute Gasteiger partial charge is 0.494 e. The summed E-state index contributed by atoms with van der Waals surface area (Å²) < 4.78 is 12.3. The molecule has 3 heteroatoms. The summed E-state index contributed by atoms with van der Waals surface area (Å²) >= 11 is 0. The summed E-state index contributed by atoms with van der Waals surface area (Å²) in [5.41, 5.74) is 2.16. The molecule has 3 aliphatic rings. The number of hydrogen-bond acceptors (Lipinski definition) is 2. The van der Waals surface area contributed by atoms with Gasteiger partial charge in [-0.25, -0.2) is 0 Å². The zero-order valence-electron chi connectivity index (χ0n) is 13.1. The third-order valence-corrected chi connectivity index (χ3v) is 4.97. The van der Waals surface area contributed by atoms with Crippen LogP contribution in [0.2, 0.25) is 0 Å². The van der Waals surface area contributed by atoms with Crippen molar-refractivity contribution >= 4 is 7.12 Å². The molecule has 108 valence electrons. The Morgan fingerprint density at radius 2 is 1.55 bits per heavy atom. The first-order valence-electron chi connectivity index (χ1n) is 7.83. The second kappa shape index (κ2) is 4.89. The molecule has 20 heavy (non-hydrogen) atoms. The van der Waals surface area contributed by atoms with Crippen LogP contribution in [-0.2, 0) is 9.31 Å². The first-order chi connectivity index (χ1) is 9.39. The molecule has 1 saturated carbocycles. The smallest absolute Gasteiger partial charge is 0.399 e. The lowest BCUT2D eigenvalue weighted by molar-refractivity contribution is 0.00578. The Morgan fingerprint density at radius 1 is 0.950 bits per heavy atom. The highest BCUT2D eigenvalue weighted by molar-refractivity contribution is 6.55. The zero-order valence-corrected chi connectivity index (χ0v) is 13.1. The summed E-state index contributed by atoms with van der Waals surface area (Å²) in [5.74, 6) is 0.809. The van der Waals surface area contributed by atoms with E-state index < -0.39 is 0 Å². The van der Waals surface area contributed by atoms with Crippen molar-refractivity contribution < 1.29 is 9.31 Å². The van der Waals surface area contributed by atoms with Crippen LogP contribution in [-0.4, -0.2) is 18.3 Å². The Labute approximate surface area is 123 Å². The average Bonchev–Trinajstić information content (AvgIpc) is 3.07. The van der Waals surface area contributed by atoms with Gasteiger partial charge in [-0.15, -0.1) is 0 Å². The van der Waals surface area contributed by atoms with E-state index in [9.17, 15) is 0 Å². The van der Waals surface area contributed by atoms with Gasteiger partial charge in [-0.2, -0.15) is 0 Å². The lowest BCUT2D eigenvalue weighted by Gasteiger charge is -2.32. The molecule has 0 spiro atoms. The highest BCUT2D eigenvalue weighted by Crippen LogP contribution is 2.40. The SMILES string of the molecule is CC1(C)OB(C2=CCC/C=C(\C3CC3)C=C2)OC1(C)C. The molecule has 0 aromatic heterocycles. The first-order valence-corrected chi connectivity index (χ1v) is 7.83. The first kappa shape index (κ1) is 14.2. The maximum atomic E-state index is 6.15. The maximum absolute atomic E-state index is 6.15. The minimum atomic E-state index is -0.260. The molecule has 0 bridgehead atoms. The van der Waals surface area contributed by atoms with E-state index in [2.05, 4.69) is 52.0 Å². The van der Waals surface area contributed by atoms with Gasteiger partial charge in [0.25, 0.3) is 0 Å². The van der Waals surface area contributed by atoms with E-state index in [0.717, 1.165) is 18.8 Å². The van der Waals surface area contributed by atoms with E-state index >= 15 is 0 Å². The molecule has 0 amide bonds. The molecule has 2 fully saturated rings. The van der Waals surface area contributed by atoms with Crippen LogP contribution in [0.25, 0.3) is 0 Å². The van der Waals surface area contributed by atoms with Crippen LogP contribution in [0, 0.1) is 5.92 Å². The average molecular weight is 272 g/mol. The number of allylic oxidation sites excluding steroid dienone is 6. The molecule has 3 rings (SSSR count). The van der Waals surface area contributed by atoms with Gasteiger partial charge in [0.15, 0.2) is 0 Å². The molecule has 0 atom stereocenters. The zero-order chi connectivity index (χ0) is 14.4. The predicted octanol–water partition coefficient (Wildman–Crippen LogP) is 4.23. The Morgan fingerprint density at radius 3 is 2.15 bits per heavy atom. The molecule has 1 saturated heterocycles. The van der Waals surface area contributed by atoms with Gasteiger partial charge in [0.05, 0.1) is 11.2 Å². The van der Waals surface area contributed by atoms with Crippen LogP contribution < -0.4 is 0 Å². The molecule has 0 N–H and O–H groups in total. The van der Waals surface area contributed by atoms with Crippen molar-refractivity contribution in [2.24, 2.45) is 5.92 Å².